The van der Waals surface area contributed by atoms with E-state index in [0.717, 1.165) is 36.0 Å². The van der Waals surface area contributed by atoms with Crippen LogP contribution < -0.4 is 9.61 Å². The van der Waals surface area contributed by atoms with Crippen molar-refractivity contribution in [2.24, 2.45) is 52.3 Å². The fourth-order valence-corrected chi connectivity index (χ4v) is 14.4. The number of benzene rings is 1. The number of carbonyl (C=O) groups excluding carboxylic acids is 1. The number of hydrogen-bond donors (Lipinski definition) is 1. The third-order valence-electron chi connectivity index (χ3n) is 15.2. The Balaban J connectivity index is 1.24. The lowest BCUT2D eigenvalue weighted by Gasteiger charge is -2.64. The summed E-state index contributed by atoms with van der Waals surface area (Å²) in [5.41, 5.74) is 0.740. The number of esters is 1. The molecule has 4 fully saturated rings. The van der Waals surface area contributed by atoms with Gasteiger partial charge in [0.1, 0.15) is 11.8 Å². The molecular formula is C43H74NO6PSi. The summed E-state index contributed by atoms with van der Waals surface area (Å²) in [5.74, 6) is 4.96. The van der Waals surface area contributed by atoms with Crippen LogP contribution in [0.5, 0.6) is 5.75 Å². The SMILES string of the molecule is CC[C@H]1CC2C(CC[C@@]3(C)C2CC[C@@H]3[C@H](C)CCOP(=O)(N[C@@H](C)C(=O)OC(C)C)Oc2ccccc2)[C@@]2(C)CCC(O[Si](C)(C)C(C)(C)C)CC12. The maximum atomic E-state index is 14.1. The maximum absolute atomic E-state index is 14.1. The summed E-state index contributed by atoms with van der Waals surface area (Å²) in [5, 5.41) is 3.11. The second-order valence-electron chi connectivity index (χ2n) is 19.7. The van der Waals surface area contributed by atoms with Crippen LogP contribution in [0.2, 0.25) is 18.1 Å². The minimum Gasteiger partial charge on any atom is -0.462 e. The van der Waals surface area contributed by atoms with Crippen molar-refractivity contribution in [3.8, 4) is 5.75 Å². The van der Waals surface area contributed by atoms with E-state index in [4.69, 9.17) is 18.2 Å². The third-order valence-corrected chi connectivity index (χ3v) is 21.4. The molecule has 0 aliphatic heterocycles. The molecule has 0 heterocycles. The van der Waals surface area contributed by atoms with Gasteiger partial charge < -0.3 is 13.7 Å². The van der Waals surface area contributed by atoms with Crippen molar-refractivity contribution in [2.45, 2.75) is 170 Å². The van der Waals surface area contributed by atoms with E-state index in [-0.39, 0.29) is 11.1 Å². The van der Waals surface area contributed by atoms with Gasteiger partial charge in [-0.25, -0.2) is 4.57 Å². The highest BCUT2D eigenvalue weighted by Crippen LogP contribution is 2.70. The summed E-state index contributed by atoms with van der Waals surface area (Å²) in [4.78, 5) is 12.6. The zero-order valence-corrected chi connectivity index (χ0v) is 36.7. The quantitative estimate of drug-likeness (QED) is 0.115. The van der Waals surface area contributed by atoms with Crippen LogP contribution in [-0.4, -0.2) is 39.1 Å². The van der Waals surface area contributed by atoms with Gasteiger partial charge in [-0.2, -0.15) is 5.09 Å². The lowest BCUT2D eigenvalue weighted by Crippen LogP contribution is -2.57. The Kier molecular flexibility index (Phi) is 13.0. The molecule has 6 unspecified atom stereocenters. The normalized spacial score (nSPS) is 35.8. The van der Waals surface area contributed by atoms with Crippen LogP contribution in [0.3, 0.4) is 0 Å². The molecule has 9 heteroatoms. The third kappa shape index (κ3) is 8.77. The summed E-state index contributed by atoms with van der Waals surface area (Å²) in [7, 11) is -5.66. The summed E-state index contributed by atoms with van der Waals surface area (Å²) >= 11 is 0. The van der Waals surface area contributed by atoms with Crippen molar-refractivity contribution in [1.29, 1.82) is 0 Å². The lowest BCUT2D eigenvalue weighted by molar-refractivity contribution is -0.151. The van der Waals surface area contributed by atoms with E-state index >= 15 is 0 Å². The molecule has 0 spiro atoms. The van der Waals surface area contributed by atoms with E-state index in [2.05, 4.69) is 66.6 Å². The summed E-state index contributed by atoms with van der Waals surface area (Å²) < 4.78 is 38.6. The number of rotatable bonds is 14. The van der Waals surface area contributed by atoms with Crippen LogP contribution in [0, 0.1) is 52.3 Å². The van der Waals surface area contributed by atoms with E-state index in [1.807, 2.05) is 18.2 Å². The Morgan fingerprint density at radius 1 is 0.942 bits per heavy atom. The Morgan fingerprint density at radius 3 is 2.23 bits per heavy atom. The van der Waals surface area contributed by atoms with Crippen LogP contribution >= 0.6 is 7.75 Å². The van der Waals surface area contributed by atoms with Crippen molar-refractivity contribution in [3.05, 3.63) is 30.3 Å². The van der Waals surface area contributed by atoms with Crippen molar-refractivity contribution in [1.82, 2.24) is 5.09 Å². The summed E-state index contributed by atoms with van der Waals surface area (Å²) in [6.07, 6.45) is 12.7. The molecule has 4 saturated carbocycles. The number of carbonyl (C=O) groups is 1. The predicted octanol–water partition coefficient (Wildman–Crippen LogP) is 11.8. The molecule has 0 radical (unpaired) electrons. The Hall–Kier alpha value is -1.18. The van der Waals surface area contributed by atoms with E-state index in [1.54, 1.807) is 32.9 Å². The molecule has 0 amide bonds. The van der Waals surface area contributed by atoms with Crippen molar-refractivity contribution in [2.75, 3.05) is 6.61 Å². The fraction of sp³-hybridized carbons (Fsp3) is 0.837. The van der Waals surface area contributed by atoms with Gasteiger partial charge >= 0.3 is 13.7 Å². The van der Waals surface area contributed by atoms with Gasteiger partial charge in [-0.05, 0) is 161 Å². The second-order valence-corrected chi connectivity index (χ2v) is 26.2. The minimum atomic E-state index is -3.86. The zero-order chi connectivity index (χ0) is 38.3. The van der Waals surface area contributed by atoms with Gasteiger partial charge in [0.15, 0.2) is 8.32 Å². The van der Waals surface area contributed by atoms with Crippen LogP contribution in [0.25, 0.3) is 0 Å². The van der Waals surface area contributed by atoms with E-state index < -0.39 is 28.1 Å². The molecule has 5 rings (SSSR count). The van der Waals surface area contributed by atoms with Gasteiger partial charge in [0.25, 0.3) is 0 Å². The molecular weight excluding hydrogens is 686 g/mol. The van der Waals surface area contributed by atoms with E-state index in [9.17, 15) is 9.36 Å². The number of hydrogen-bond acceptors (Lipinski definition) is 6. The predicted molar refractivity (Wildman–Crippen MR) is 215 cm³/mol. The van der Waals surface area contributed by atoms with Crippen molar-refractivity contribution in [3.63, 3.8) is 0 Å². The molecule has 0 aromatic heterocycles. The highest BCUT2D eigenvalue weighted by Gasteiger charge is 2.62. The zero-order valence-electron chi connectivity index (χ0n) is 34.8. The first-order chi connectivity index (χ1) is 24.2. The number of para-hydroxylation sites is 1. The largest absolute Gasteiger partial charge is 0.462 e. The Labute approximate surface area is 318 Å². The molecule has 7 nitrogen and oxygen atoms in total. The average Bonchev–Trinajstić information content (AvgIpc) is 3.41. The molecule has 0 saturated heterocycles. The highest BCUT2D eigenvalue weighted by atomic mass is 31.2. The second kappa shape index (κ2) is 16.1. The number of ether oxygens (including phenoxy) is 1. The first-order valence-corrected chi connectivity index (χ1v) is 25.3. The summed E-state index contributed by atoms with van der Waals surface area (Å²) in [6, 6.07) is 8.19. The summed E-state index contributed by atoms with van der Waals surface area (Å²) in [6.45, 7) is 27.7. The fourth-order valence-electron chi connectivity index (χ4n) is 11.5. The first-order valence-electron chi connectivity index (χ1n) is 20.9. The van der Waals surface area contributed by atoms with Gasteiger partial charge in [0, 0.05) is 6.10 Å². The molecule has 0 bridgehead atoms. The van der Waals surface area contributed by atoms with Crippen LogP contribution in [0.1, 0.15) is 133 Å². The molecule has 1 aromatic carbocycles. The lowest BCUT2D eigenvalue weighted by atomic mass is 9.42. The van der Waals surface area contributed by atoms with Gasteiger partial charge in [-0.1, -0.05) is 73.1 Å². The van der Waals surface area contributed by atoms with Crippen LogP contribution in [0.4, 0.5) is 0 Å². The molecule has 4 aliphatic carbocycles. The first kappa shape index (κ1) is 42.0. The monoisotopic (exact) mass is 760 g/mol. The smallest absolute Gasteiger partial charge is 0.459 e. The molecule has 52 heavy (non-hydrogen) atoms. The average molecular weight is 760 g/mol. The van der Waals surface area contributed by atoms with Crippen molar-refractivity contribution < 1.29 is 27.6 Å². The highest BCUT2D eigenvalue weighted by molar-refractivity contribution is 7.52. The molecule has 1 aromatic rings. The number of nitrogens with one attached hydrogen (secondary N) is 1. The molecule has 12 atom stereocenters. The number of fused-ring (bicyclic) bond motifs is 5. The molecule has 4 aliphatic rings. The van der Waals surface area contributed by atoms with Gasteiger partial charge in [-0.3, -0.25) is 9.32 Å². The Morgan fingerprint density at radius 2 is 1.60 bits per heavy atom. The Bertz CT molecular complexity index is 1400. The van der Waals surface area contributed by atoms with E-state index in [0.29, 0.717) is 41.1 Å². The van der Waals surface area contributed by atoms with Crippen LogP contribution in [-0.2, 0) is 23.0 Å². The maximum Gasteiger partial charge on any atom is 0.459 e. The topological polar surface area (TPSA) is 83.1 Å². The standard InChI is InChI=1S/C43H74NO6PSi/c1-13-32-27-35-37-20-19-36(30(4)23-26-47-51(46,49-33-17-15-14-16-18-33)44-31(5)40(45)48-29(2)3)42(37,9)25-22-38(35)43(10)24-21-34(28-39(32)43)50-52(11,12)41(6,7)8/h14-18,29-32,34-39H,13,19-28H2,1-12H3,(H,44,46)/t30-,31+,32+,34?,35?,36-,37?,38?,39?,42-,43-,51?/m1/s1. The van der Waals surface area contributed by atoms with Gasteiger partial charge in [0.05, 0.1) is 12.7 Å². The molecule has 1 N–H and O–H groups in total. The van der Waals surface area contributed by atoms with Gasteiger partial charge in [-0.15, -0.1) is 0 Å². The van der Waals surface area contributed by atoms with Crippen molar-refractivity contribution >= 4 is 22.0 Å². The molecule has 296 valence electrons. The van der Waals surface area contributed by atoms with E-state index in [1.165, 1.54) is 57.8 Å². The van der Waals surface area contributed by atoms with Crippen LogP contribution in [0.15, 0.2) is 30.3 Å². The van der Waals surface area contributed by atoms with Gasteiger partial charge in [0.2, 0.25) is 0 Å². The minimum absolute atomic E-state index is 0.250.